The zero-order valence-corrected chi connectivity index (χ0v) is 12.8. The van der Waals surface area contributed by atoms with Gasteiger partial charge in [0.05, 0.1) is 0 Å². The second kappa shape index (κ2) is 6.08. The van der Waals surface area contributed by atoms with E-state index in [-0.39, 0.29) is 17.2 Å². The van der Waals surface area contributed by atoms with Gasteiger partial charge in [-0.1, -0.05) is 39.0 Å². The van der Waals surface area contributed by atoms with Gasteiger partial charge in [-0.15, -0.1) is 0 Å². The van der Waals surface area contributed by atoms with Crippen molar-refractivity contribution in [3.05, 3.63) is 41.0 Å². The van der Waals surface area contributed by atoms with Crippen LogP contribution in [0.3, 0.4) is 0 Å². The molecule has 0 saturated carbocycles. The van der Waals surface area contributed by atoms with E-state index in [1.165, 1.54) is 0 Å². The molecule has 0 radical (unpaired) electrons. The van der Waals surface area contributed by atoms with Gasteiger partial charge in [0, 0.05) is 16.7 Å². The summed E-state index contributed by atoms with van der Waals surface area (Å²) in [5, 5.41) is 30.9. The number of phenols is 3. The molecular formula is C18H22O3. The Morgan fingerprint density at radius 3 is 1.81 bits per heavy atom. The molecule has 2 aromatic rings. The van der Waals surface area contributed by atoms with Crippen LogP contribution in [0, 0.1) is 0 Å². The molecule has 3 N–H and O–H groups in total. The van der Waals surface area contributed by atoms with Crippen LogP contribution < -0.4 is 0 Å². The summed E-state index contributed by atoms with van der Waals surface area (Å²) in [5.74, 6) is -0.0968. The predicted molar refractivity (Wildman–Crippen MR) is 85.0 cm³/mol. The molecule has 3 nitrogen and oxygen atoms in total. The molecule has 0 bridgehead atoms. The minimum atomic E-state index is -0.137. The maximum absolute atomic E-state index is 10.5. The molecule has 0 aliphatic heterocycles. The zero-order valence-electron chi connectivity index (χ0n) is 12.8. The Morgan fingerprint density at radius 1 is 0.714 bits per heavy atom. The van der Waals surface area contributed by atoms with E-state index < -0.39 is 0 Å². The third-order valence-corrected chi connectivity index (χ3v) is 4.01. The highest BCUT2D eigenvalue weighted by molar-refractivity contribution is 5.83. The number of hydrogen-bond acceptors (Lipinski definition) is 3. The highest BCUT2D eigenvalue weighted by atomic mass is 16.3. The molecular weight excluding hydrogens is 264 g/mol. The van der Waals surface area contributed by atoms with E-state index in [0.29, 0.717) is 17.5 Å². The molecule has 2 aromatic carbocycles. The Kier molecular flexibility index (Phi) is 4.41. The van der Waals surface area contributed by atoms with E-state index in [9.17, 15) is 15.3 Å². The monoisotopic (exact) mass is 286 g/mol. The third kappa shape index (κ3) is 2.44. The minimum absolute atomic E-state index is 0.0650. The summed E-state index contributed by atoms with van der Waals surface area (Å²) in [6.07, 6.45) is 2.17. The Hall–Kier alpha value is -2.16. The smallest absolute Gasteiger partial charge is 0.166 e. The van der Waals surface area contributed by atoms with Crippen molar-refractivity contribution in [2.45, 2.75) is 40.0 Å². The van der Waals surface area contributed by atoms with Crippen molar-refractivity contribution in [2.75, 3.05) is 0 Å². The molecule has 112 valence electrons. The zero-order chi connectivity index (χ0) is 15.6. The Labute approximate surface area is 125 Å². The second-order valence-corrected chi connectivity index (χ2v) is 5.09. The van der Waals surface area contributed by atoms with Crippen molar-refractivity contribution in [2.24, 2.45) is 0 Å². The molecule has 0 saturated heterocycles. The highest BCUT2D eigenvalue weighted by Gasteiger charge is 2.23. The lowest BCUT2D eigenvalue weighted by atomic mass is 9.86. The Bertz CT molecular complexity index is 660. The van der Waals surface area contributed by atoms with Gasteiger partial charge in [-0.2, -0.15) is 0 Å². The minimum Gasteiger partial charge on any atom is -0.507 e. The molecule has 0 spiro atoms. The molecule has 0 fully saturated rings. The number of rotatable bonds is 4. The van der Waals surface area contributed by atoms with Crippen LogP contribution in [0.25, 0.3) is 11.1 Å². The van der Waals surface area contributed by atoms with Crippen molar-refractivity contribution in [3.63, 3.8) is 0 Å². The SMILES string of the molecule is CCc1c(O)c(O)c(-c2ccccc2O)c(CC)c1CC. The first kappa shape index (κ1) is 15.2. The Balaban J connectivity index is 2.89. The van der Waals surface area contributed by atoms with E-state index in [1.54, 1.807) is 18.2 Å². The highest BCUT2D eigenvalue weighted by Crippen LogP contribution is 2.47. The van der Waals surface area contributed by atoms with Crippen molar-refractivity contribution < 1.29 is 15.3 Å². The molecule has 0 aliphatic rings. The van der Waals surface area contributed by atoms with Crippen molar-refractivity contribution in [3.8, 4) is 28.4 Å². The number of hydrogen-bond donors (Lipinski definition) is 3. The summed E-state index contributed by atoms with van der Waals surface area (Å²) in [7, 11) is 0. The topological polar surface area (TPSA) is 60.7 Å². The lowest BCUT2D eigenvalue weighted by Gasteiger charge is -2.21. The summed E-state index contributed by atoms with van der Waals surface area (Å²) >= 11 is 0. The lowest BCUT2D eigenvalue weighted by molar-refractivity contribution is 0.399. The number of para-hydroxylation sites is 1. The third-order valence-electron chi connectivity index (χ3n) is 4.01. The fourth-order valence-electron chi connectivity index (χ4n) is 3.05. The maximum Gasteiger partial charge on any atom is 0.166 e. The van der Waals surface area contributed by atoms with Gasteiger partial charge >= 0.3 is 0 Å². The standard InChI is InChI=1S/C18H22O3/c1-4-11-12(5-2)16(14-9-7-8-10-15(14)19)18(21)17(20)13(11)6-3/h7-10,19-21H,4-6H2,1-3H3. The predicted octanol–water partition coefficient (Wildman–Crippen LogP) is 4.16. The van der Waals surface area contributed by atoms with Crippen LogP contribution >= 0.6 is 0 Å². The first-order valence-electron chi connectivity index (χ1n) is 7.43. The molecule has 0 amide bonds. The van der Waals surface area contributed by atoms with Crippen molar-refractivity contribution in [1.82, 2.24) is 0 Å². The molecule has 0 aliphatic carbocycles. The summed E-state index contributed by atoms with van der Waals surface area (Å²) in [5.41, 5.74) is 3.95. The largest absolute Gasteiger partial charge is 0.507 e. The van der Waals surface area contributed by atoms with Gasteiger partial charge in [0.15, 0.2) is 11.5 Å². The summed E-state index contributed by atoms with van der Waals surface area (Å²) < 4.78 is 0. The number of benzene rings is 2. The van der Waals surface area contributed by atoms with Crippen LogP contribution in [0.1, 0.15) is 37.5 Å². The molecule has 0 heterocycles. The number of phenolic OH excluding ortho intramolecular Hbond substituents is 3. The van der Waals surface area contributed by atoms with Gasteiger partial charge in [-0.05, 0) is 36.5 Å². The Morgan fingerprint density at radius 2 is 1.29 bits per heavy atom. The normalized spacial score (nSPS) is 10.8. The fraction of sp³-hybridized carbons (Fsp3) is 0.333. The first-order chi connectivity index (χ1) is 10.1. The van der Waals surface area contributed by atoms with Gasteiger partial charge in [-0.3, -0.25) is 0 Å². The van der Waals surface area contributed by atoms with Crippen LogP contribution in [0.4, 0.5) is 0 Å². The van der Waals surface area contributed by atoms with E-state index in [4.69, 9.17) is 0 Å². The lowest BCUT2D eigenvalue weighted by Crippen LogP contribution is -2.02. The van der Waals surface area contributed by atoms with E-state index in [1.807, 2.05) is 26.8 Å². The number of aromatic hydroxyl groups is 3. The summed E-state index contributed by atoms with van der Waals surface area (Å²) in [4.78, 5) is 0. The van der Waals surface area contributed by atoms with Crippen LogP contribution in [-0.4, -0.2) is 15.3 Å². The van der Waals surface area contributed by atoms with E-state index >= 15 is 0 Å². The quantitative estimate of drug-likeness (QED) is 0.740. The van der Waals surface area contributed by atoms with Gasteiger partial charge in [-0.25, -0.2) is 0 Å². The van der Waals surface area contributed by atoms with Gasteiger partial charge in [0.2, 0.25) is 0 Å². The molecule has 21 heavy (non-hydrogen) atoms. The average Bonchev–Trinajstić information content (AvgIpc) is 2.50. The molecule has 3 heteroatoms. The van der Waals surface area contributed by atoms with E-state index in [2.05, 4.69) is 0 Å². The average molecular weight is 286 g/mol. The van der Waals surface area contributed by atoms with Gasteiger partial charge in [0.25, 0.3) is 0 Å². The maximum atomic E-state index is 10.5. The van der Waals surface area contributed by atoms with Crippen molar-refractivity contribution in [1.29, 1.82) is 0 Å². The van der Waals surface area contributed by atoms with E-state index in [0.717, 1.165) is 29.5 Å². The van der Waals surface area contributed by atoms with Crippen LogP contribution in [0.2, 0.25) is 0 Å². The van der Waals surface area contributed by atoms with Crippen LogP contribution in [0.15, 0.2) is 24.3 Å². The first-order valence-corrected chi connectivity index (χ1v) is 7.43. The molecule has 2 rings (SSSR count). The summed E-state index contributed by atoms with van der Waals surface area (Å²) in [6, 6.07) is 6.89. The van der Waals surface area contributed by atoms with Crippen LogP contribution in [0.5, 0.6) is 17.2 Å². The molecule has 0 unspecified atom stereocenters. The van der Waals surface area contributed by atoms with Gasteiger partial charge in [0.1, 0.15) is 5.75 Å². The van der Waals surface area contributed by atoms with Gasteiger partial charge < -0.3 is 15.3 Å². The second-order valence-electron chi connectivity index (χ2n) is 5.09. The summed E-state index contributed by atoms with van der Waals surface area (Å²) in [6.45, 7) is 6.03. The molecule has 0 atom stereocenters. The van der Waals surface area contributed by atoms with Crippen LogP contribution in [-0.2, 0) is 19.3 Å². The van der Waals surface area contributed by atoms with Crippen molar-refractivity contribution >= 4 is 0 Å². The fourth-order valence-corrected chi connectivity index (χ4v) is 3.05. The molecule has 0 aromatic heterocycles.